The van der Waals surface area contributed by atoms with E-state index in [1.165, 1.54) is 0 Å². The Bertz CT molecular complexity index is 593. The third-order valence-electron chi connectivity index (χ3n) is 4.00. The molecule has 0 saturated heterocycles. The minimum absolute atomic E-state index is 0.0286. The van der Waals surface area contributed by atoms with Gasteiger partial charge in [0.15, 0.2) is 0 Å². The fourth-order valence-electron chi connectivity index (χ4n) is 2.68. The van der Waals surface area contributed by atoms with Crippen molar-refractivity contribution >= 4 is 11.3 Å². The molecule has 1 atom stereocenters. The van der Waals surface area contributed by atoms with Crippen molar-refractivity contribution in [3.63, 3.8) is 0 Å². The number of benzene rings is 1. The van der Waals surface area contributed by atoms with Crippen LogP contribution < -0.4 is 5.32 Å². The van der Waals surface area contributed by atoms with Gasteiger partial charge >= 0.3 is 6.18 Å². The first kappa shape index (κ1) is 18.9. The first-order valence-corrected chi connectivity index (χ1v) is 8.89. The van der Waals surface area contributed by atoms with Gasteiger partial charge in [0, 0.05) is 24.5 Å². The minimum atomic E-state index is -4.30. The normalized spacial score (nSPS) is 13.4. The molecule has 2 rings (SSSR count). The number of hydrogen-bond acceptors (Lipinski definition) is 4. The van der Waals surface area contributed by atoms with E-state index >= 15 is 0 Å². The molecule has 0 aliphatic rings. The van der Waals surface area contributed by atoms with Crippen molar-refractivity contribution in [2.75, 3.05) is 19.6 Å². The maximum atomic E-state index is 12.7. The van der Waals surface area contributed by atoms with Gasteiger partial charge in [0.25, 0.3) is 0 Å². The van der Waals surface area contributed by atoms with E-state index in [2.05, 4.69) is 29.0 Å². The summed E-state index contributed by atoms with van der Waals surface area (Å²) in [4.78, 5) is 6.46. The summed E-state index contributed by atoms with van der Waals surface area (Å²) in [6.45, 7) is 7.09. The highest BCUT2D eigenvalue weighted by molar-refractivity contribution is 7.07. The zero-order valence-corrected chi connectivity index (χ0v) is 14.6. The largest absolute Gasteiger partial charge is 0.416 e. The zero-order chi connectivity index (χ0) is 17.6. The molecule has 7 heteroatoms. The molecule has 0 fully saturated rings. The number of likely N-dealkylation sites (N-methyl/N-ethyl adjacent to an activating group) is 1. The van der Waals surface area contributed by atoms with Crippen molar-refractivity contribution in [2.45, 2.75) is 32.6 Å². The summed E-state index contributed by atoms with van der Waals surface area (Å²) in [6, 6.07) is 5.51. The lowest BCUT2D eigenvalue weighted by Gasteiger charge is -2.30. The molecule has 0 aliphatic carbocycles. The lowest BCUT2D eigenvalue weighted by Crippen LogP contribution is -2.35. The smallest absolute Gasteiger partial charge is 0.309 e. The molecule has 2 aromatic rings. The number of rotatable bonds is 8. The summed E-state index contributed by atoms with van der Waals surface area (Å²) in [5, 5.41) is 5.34. The monoisotopic (exact) mass is 357 g/mol. The van der Waals surface area contributed by atoms with Gasteiger partial charge in [-0.3, -0.25) is 4.90 Å². The number of hydrogen-bond donors (Lipinski definition) is 1. The Morgan fingerprint density at radius 3 is 2.33 bits per heavy atom. The van der Waals surface area contributed by atoms with E-state index in [0.717, 1.165) is 36.5 Å². The quantitative estimate of drug-likeness (QED) is 0.762. The van der Waals surface area contributed by atoms with E-state index < -0.39 is 11.7 Å². The van der Waals surface area contributed by atoms with E-state index in [-0.39, 0.29) is 6.04 Å². The number of aromatic nitrogens is 1. The van der Waals surface area contributed by atoms with Gasteiger partial charge in [0.05, 0.1) is 16.8 Å². The van der Waals surface area contributed by atoms with Gasteiger partial charge in [-0.25, -0.2) is 4.98 Å². The molecule has 1 aromatic carbocycles. The molecule has 1 N–H and O–H groups in total. The Balaban J connectivity index is 2.10. The van der Waals surface area contributed by atoms with E-state index in [1.807, 2.05) is 5.38 Å². The second kappa shape index (κ2) is 8.60. The van der Waals surface area contributed by atoms with Gasteiger partial charge in [0.2, 0.25) is 0 Å². The van der Waals surface area contributed by atoms with Gasteiger partial charge < -0.3 is 5.32 Å². The van der Waals surface area contributed by atoms with Crippen molar-refractivity contribution in [1.29, 1.82) is 0 Å². The van der Waals surface area contributed by atoms with Crippen molar-refractivity contribution in [1.82, 2.24) is 15.2 Å². The second-order valence-corrected chi connectivity index (χ2v) is 6.19. The van der Waals surface area contributed by atoms with Gasteiger partial charge in [-0.15, -0.1) is 11.3 Å². The first-order chi connectivity index (χ1) is 11.5. The number of nitrogens with one attached hydrogen (secondary N) is 1. The summed E-state index contributed by atoms with van der Waals surface area (Å²) in [7, 11) is 0. The highest BCUT2D eigenvalue weighted by atomic mass is 32.1. The number of halogens is 3. The summed E-state index contributed by atoms with van der Waals surface area (Å²) < 4.78 is 38.2. The number of nitrogens with zero attached hydrogens (tertiary/aromatic N) is 2. The van der Waals surface area contributed by atoms with E-state index in [0.29, 0.717) is 13.1 Å². The van der Waals surface area contributed by atoms with Gasteiger partial charge in [-0.05, 0) is 30.8 Å². The lowest BCUT2D eigenvalue weighted by atomic mass is 10.0. The molecule has 1 heterocycles. The Morgan fingerprint density at radius 1 is 1.17 bits per heavy atom. The predicted molar refractivity (Wildman–Crippen MR) is 90.9 cm³/mol. The number of thiazole rings is 1. The summed E-state index contributed by atoms with van der Waals surface area (Å²) in [6.07, 6.45) is -4.30. The third-order valence-corrected chi connectivity index (χ3v) is 4.64. The van der Waals surface area contributed by atoms with Crippen molar-refractivity contribution < 1.29 is 13.2 Å². The maximum absolute atomic E-state index is 12.7. The highest BCUT2D eigenvalue weighted by Gasteiger charge is 2.30. The lowest BCUT2D eigenvalue weighted by molar-refractivity contribution is -0.137. The van der Waals surface area contributed by atoms with Crippen LogP contribution >= 0.6 is 11.3 Å². The van der Waals surface area contributed by atoms with E-state index in [9.17, 15) is 13.2 Å². The molecule has 3 nitrogen and oxygen atoms in total. The molecule has 0 amide bonds. The van der Waals surface area contributed by atoms with Crippen molar-refractivity contribution in [2.24, 2.45) is 0 Å². The Labute approximate surface area is 144 Å². The average Bonchev–Trinajstić information content (AvgIpc) is 3.07. The predicted octanol–water partition coefficient (Wildman–Crippen LogP) is 4.33. The van der Waals surface area contributed by atoms with Crippen LogP contribution in [-0.2, 0) is 12.7 Å². The zero-order valence-electron chi connectivity index (χ0n) is 13.8. The molecule has 24 heavy (non-hydrogen) atoms. The third kappa shape index (κ3) is 5.03. The van der Waals surface area contributed by atoms with Crippen LogP contribution in [0.3, 0.4) is 0 Å². The van der Waals surface area contributed by atoms with Gasteiger partial charge in [-0.1, -0.05) is 26.0 Å². The molecule has 0 radical (unpaired) electrons. The Hall–Kier alpha value is -1.44. The Kier molecular flexibility index (Phi) is 6.77. The molecule has 1 unspecified atom stereocenters. The van der Waals surface area contributed by atoms with Gasteiger partial charge in [-0.2, -0.15) is 13.2 Å². The molecule has 1 aromatic heterocycles. The topological polar surface area (TPSA) is 28.2 Å². The van der Waals surface area contributed by atoms with Crippen LogP contribution in [0, 0.1) is 0 Å². The van der Waals surface area contributed by atoms with E-state index in [4.69, 9.17) is 0 Å². The highest BCUT2D eigenvalue weighted by Crippen LogP contribution is 2.30. The fourth-order valence-corrected chi connectivity index (χ4v) is 3.24. The fraction of sp³-hybridized carbons (Fsp3) is 0.471. The second-order valence-electron chi connectivity index (χ2n) is 5.47. The SMILES string of the molecule is CCN(CC)C(CNCc1cscn1)c1ccc(C(F)(F)F)cc1. The average molecular weight is 357 g/mol. The first-order valence-electron chi connectivity index (χ1n) is 7.94. The summed E-state index contributed by atoms with van der Waals surface area (Å²) in [5.74, 6) is 0. The van der Waals surface area contributed by atoms with Crippen molar-refractivity contribution in [3.8, 4) is 0 Å². The molecular weight excluding hydrogens is 335 g/mol. The summed E-state index contributed by atoms with van der Waals surface area (Å²) in [5.41, 5.74) is 3.04. The molecule has 0 spiro atoms. The van der Waals surface area contributed by atoms with Crippen LogP contribution in [0.5, 0.6) is 0 Å². The summed E-state index contributed by atoms with van der Waals surface area (Å²) >= 11 is 1.55. The molecule has 0 aliphatic heterocycles. The minimum Gasteiger partial charge on any atom is -0.309 e. The van der Waals surface area contributed by atoms with Crippen molar-refractivity contribution in [3.05, 3.63) is 52.0 Å². The standard InChI is InChI=1S/C17H22F3N3S/c1-3-23(4-2)16(10-21-9-15-11-24-12-22-15)13-5-7-14(8-6-13)17(18,19)20/h5-8,11-12,16,21H,3-4,9-10H2,1-2H3. The molecule has 0 saturated carbocycles. The van der Waals surface area contributed by atoms with Crippen LogP contribution in [0.1, 0.15) is 36.7 Å². The van der Waals surface area contributed by atoms with E-state index in [1.54, 1.807) is 29.0 Å². The molecule has 132 valence electrons. The van der Waals surface area contributed by atoms with Crippen LogP contribution in [0.4, 0.5) is 13.2 Å². The van der Waals surface area contributed by atoms with Crippen LogP contribution in [0.15, 0.2) is 35.2 Å². The van der Waals surface area contributed by atoms with Crippen LogP contribution in [0.2, 0.25) is 0 Å². The number of alkyl halides is 3. The van der Waals surface area contributed by atoms with Crippen LogP contribution in [0.25, 0.3) is 0 Å². The Morgan fingerprint density at radius 2 is 1.83 bits per heavy atom. The molecular formula is C17H22F3N3S. The molecule has 0 bridgehead atoms. The maximum Gasteiger partial charge on any atom is 0.416 e. The van der Waals surface area contributed by atoms with Gasteiger partial charge in [0.1, 0.15) is 0 Å². The van der Waals surface area contributed by atoms with Crippen LogP contribution in [-0.4, -0.2) is 29.5 Å².